The molecule has 0 radical (unpaired) electrons. The molecule has 0 fully saturated rings. The van der Waals surface area contributed by atoms with Gasteiger partial charge in [-0.2, -0.15) is 0 Å². The Kier molecular flexibility index (Phi) is 5.91. The fourth-order valence-electron chi connectivity index (χ4n) is 2.55. The third kappa shape index (κ3) is 4.99. The topological polar surface area (TPSA) is 51.2 Å². The molecule has 0 saturated heterocycles. The first kappa shape index (κ1) is 16.9. The molecule has 126 valence electrons. The Morgan fingerprint density at radius 1 is 0.920 bits per heavy atom. The van der Waals surface area contributed by atoms with Gasteiger partial charge in [0.25, 0.3) is 0 Å². The van der Waals surface area contributed by atoms with Crippen molar-refractivity contribution < 1.29 is 9.53 Å². The smallest absolute Gasteiger partial charge is 0.246 e. The van der Waals surface area contributed by atoms with E-state index in [9.17, 15) is 4.79 Å². The maximum absolute atomic E-state index is 12.1. The maximum Gasteiger partial charge on any atom is 0.246 e. The van der Waals surface area contributed by atoms with Crippen molar-refractivity contribution in [3.8, 4) is 0 Å². The number of hydrogen-bond donors (Lipinski definition) is 1. The number of carbonyl (C=O) groups excluding carboxylic acids is 1. The van der Waals surface area contributed by atoms with Crippen LogP contribution in [0.2, 0.25) is 0 Å². The molecule has 4 nitrogen and oxygen atoms in total. The molecule has 3 rings (SSSR count). The van der Waals surface area contributed by atoms with Gasteiger partial charge in [0.15, 0.2) is 0 Å². The average Bonchev–Trinajstić information content (AvgIpc) is 2.69. The molecular weight excluding hydrogens is 312 g/mol. The number of ether oxygens (including phenoxy) is 1. The van der Waals surface area contributed by atoms with Gasteiger partial charge in [-0.15, -0.1) is 0 Å². The number of pyridine rings is 1. The fourth-order valence-corrected chi connectivity index (χ4v) is 2.55. The van der Waals surface area contributed by atoms with Crippen LogP contribution in [0.15, 0.2) is 85.2 Å². The molecule has 0 aliphatic carbocycles. The van der Waals surface area contributed by atoms with Crippen LogP contribution in [0.5, 0.6) is 0 Å². The Hall–Kier alpha value is -2.98. The van der Waals surface area contributed by atoms with E-state index < -0.39 is 0 Å². The zero-order valence-electron chi connectivity index (χ0n) is 13.8. The van der Waals surface area contributed by atoms with Crippen LogP contribution in [-0.2, 0) is 16.1 Å². The van der Waals surface area contributed by atoms with E-state index in [1.54, 1.807) is 12.4 Å². The lowest BCUT2D eigenvalue weighted by Gasteiger charge is -2.18. The highest BCUT2D eigenvalue weighted by atomic mass is 16.5. The zero-order valence-corrected chi connectivity index (χ0v) is 13.8. The van der Waals surface area contributed by atoms with Gasteiger partial charge in [0.2, 0.25) is 5.91 Å². The quantitative estimate of drug-likeness (QED) is 0.720. The summed E-state index contributed by atoms with van der Waals surface area (Å²) in [4.78, 5) is 16.2. The first-order valence-corrected chi connectivity index (χ1v) is 8.20. The van der Waals surface area contributed by atoms with E-state index in [-0.39, 0.29) is 18.6 Å². The van der Waals surface area contributed by atoms with Crippen molar-refractivity contribution in [2.75, 3.05) is 6.61 Å². The van der Waals surface area contributed by atoms with Gasteiger partial charge in [-0.1, -0.05) is 66.7 Å². The largest absolute Gasteiger partial charge is 0.359 e. The molecule has 0 aliphatic rings. The molecular formula is C21H20N2O2. The predicted molar refractivity (Wildman–Crippen MR) is 96.8 cm³/mol. The average molecular weight is 332 g/mol. The molecule has 0 atom stereocenters. The highest BCUT2D eigenvalue weighted by Crippen LogP contribution is 2.25. The minimum Gasteiger partial charge on any atom is -0.359 e. The van der Waals surface area contributed by atoms with Crippen LogP contribution in [-0.4, -0.2) is 17.5 Å². The third-order valence-electron chi connectivity index (χ3n) is 3.80. The van der Waals surface area contributed by atoms with Gasteiger partial charge in [-0.3, -0.25) is 9.78 Å². The standard InChI is InChI=1S/C21H20N2O2/c24-20(23-15-17-8-7-13-22-14-17)16-25-21(18-9-3-1-4-10-18)19-11-5-2-6-12-19/h1-14,21H,15-16H2,(H,23,24). The van der Waals surface area contributed by atoms with E-state index in [4.69, 9.17) is 4.74 Å². The third-order valence-corrected chi connectivity index (χ3v) is 3.80. The molecule has 0 saturated carbocycles. The minimum atomic E-state index is -0.272. The first-order valence-electron chi connectivity index (χ1n) is 8.20. The molecule has 1 N–H and O–H groups in total. The molecule has 25 heavy (non-hydrogen) atoms. The summed E-state index contributed by atoms with van der Waals surface area (Å²) in [6.07, 6.45) is 3.17. The Morgan fingerprint density at radius 2 is 1.56 bits per heavy atom. The molecule has 2 aromatic carbocycles. The molecule has 0 aliphatic heterocycles. The molecule has 0 bridgehead atoms. The second kappa shape index (κ2) is 8.76. The van der Waals surface area contributed by atoms with Crippen molar-refractivity contribution >= 4 is 5.91 Å². The Labute approximate surface area is 147 Å². The van der Waals surface area contributed by atoms with Crippen LogP contribution in [0.3, 0.4) is 0 Å². The number of amides is 1. The number of aromatic nitrogens is 1. The molecule has 4 heteroatoms. The van der Waals surface area contributed by atoms with Crippen LogP contribution in [0.25, 0.3) is 0 Å². The van der Waals surface area contributed by atoms with Gasteiger partial charge in [-0.25, -0.2) is 0 Å². The molecule has 3 aromatic rings. The second-order valence-electron chi connectivity index (χ2n) is 5.65. The van der Waals surface area contributed by atoms with Crippen molar-refractivity contribution in [3.63, 3.8) is 0 Å². The Balaban J connectivity index is 1.62. The first-order chi connectivity index (χ1) is 12.3. The summed E-state index contributed by atoms with van der Waals surface area (Å²) < 4.78 is 5.94. The number of benzene rings is 2. The number of nitrogens with zero attached hydrogens (tertiary/aromatic N) is 1. The summed E-state index contributed by atoms with van der Waals surface area (Å²) in [7, 11) is 0. The van der Waals surface area contributed by atoms with Crippen molar-refractivity contribution in [1.82, 2.24) is 10.3 Å². The molecule has 0 unspecified atom stereocenters. The molecule has 0 spiro atoms. The number of hydrogen-bond acceptors (Lipinski definition) is 3. The highest BCUT2D eigenvalue weighted by molar-refractivity contribution is 5.77. The van der Waals surface area contributed by atoms with Crippen molar-refractivity contribution in [2.45, 2.75) is 12.6 Å². The van der Waals surface area contributed by atoms with Gasteiger partial charge >= 0.3 is 0 Å². The Morgan fingerprint density at radius 3 is 2.12 bits per heavy atom. The van der Waals surface area contributed by atoms with Gasteiger partial charge in [0, 0.05) is 18.9 Å². The molecule has 1 heterocycles. The summed E-state index contributed by atoms with van der Waals surface area (Å²) >= 11 is 0. The fraction of sp³-hybridized carbons (Fsp3) is 0.143. The normalized spacial score (nSPS) is 10.6. The van der Waals surface area contributed by atoms with Crippen molar-refractivity contribution in [2.24, 2.45) is 0 Å². The van der Waals surface area contributed by atoms with E-state index in [0.717, 1.165) is 16.7 Å². The van der Waals surface area contributed by atoms with Gasteiger partial charge < -0.3 is 10.1 Å². The molecule has 1 aromatic heterocycles. The predicted octanol–water partition coefficient (Wildman–Crippen LogP) is 3.50. The van der Waals surface area contributed by atoms with Crippen LogP contribution in [0, 0.1) is 0 Å². The molecule has 1 amide bonds. The minimum absolute atomic E-state index is 0.00524. The van der Waals surface area contributed by atoms with Gasteiger partial charge in [-0.05, 0) is 22.8 Å². The Bertz CT molecular complexity index is 737. The number of rotatable bonds is 7. The lowest BCUT2D eigenvalue weighted by molar-refractivity contribution is -0.127. The highest BCUT2D eigenvalue weighted by Gasteiger charge is 2.16. The monoisotopic (exact) mass is 332 g/mol. The lowest BCUT2D eigenvalue weighted by atomic mass is 10.0. The second-order valence-corrected chi connectivity index (χ2v) is 5.65. The summed E-state index contributed by atoms with van der Waals surface area (Å²) in [5.74, 6) is -0.152. The van der Waals surface area contributed by atoms with E-state index in [0.29, 0.717) is 6.54 Å². The van der Waals surface area contributed by atoms with Crippen LogP contribution in [0.1, 0.15) is 22.8 Å². The lowest BCUT2D eigenvalue weighted by Crippen LogP contribution is -2.28. The van der Waals surface area contributed by atoms with Crippen LogP contribution in [0.4, 0.5) is 0 Å². The summed E-state index contributed by atoms with van der Waals surface area (Å²) in [5.41, 5.74) is 3.00. The zero-order chi connectivity index (χ0) is 17.3. The van der Waals surface area contributed by atoms with Crippen LogP contribution >= 0.6 is 0 Å². The van der Waals surface area contributed by atoms with E-state index >= 15 is 0 Å². The van der Waals surface area contributed by atoms with Crippen LogP contribution < -0.4 is 5.32 Å². The van der Waals surface area contributed by atoms with Gasteiger partial charge in [0.1, 0.15) is 12.7 Å². The summed E-state index contributed by atoms with van der Waals surface area (Å²) in [6, 6.07) is 23.6. The number of carbonyl (C=O) groups is 1. The summed E-state index contributed by atoms with van der Waals surface area (Å²) in [5, 5.41) is 2.85. The summed E-state index contributed by atoms with van der Waals surface area (Å²) in [6.45, 7) is 0.437. The van der Waals surface area contributed by atoms with E-state index in [1.165, 1.54) is 0 Å². The number of nitrogens with one attached hydrogen (secondary N) is 1. The van der Waals surface area contributed by atoms with Crippen molar-refractivity contribution in [1.29, 1.82) is 0 Å². The van der Waals surface area contributed by atoms with Gasteiger partial charge in [0.05, 0.1) is 0 Å². The van der Waals surface area contributed by atoms with Crippen molar-refractivity contribution in [3.05, 3.63) is 102 Å². The SMILES string of the molecule is O=C(COC(c1ccccc1)c1ccccc1)NCc1cccnc1. The van der Waals surface area contributed by atoms with E-state index in [1.807, 2.05) is 72.8 Å². The van der Waals surface area contributed by atoms with E-state index in [2.05, 4.69) is 10.3 Å². The maximum atomic E-state index is 12.1.